The molecule has 0 aliphatic rings. The lowest BCUT2D eigenvalue weighted by Gasteiger charge is -2.12. The molecule has 0 spiro atoms. The summed E-state index contributed by atoms with van der Waals surface area (Å²) in [7, 11) is 0. The van der Waals surface area contributed by atoms with Crippen molar-refractivity contribution >= 4 is 0 Å². The van der Waals surface area contributed by atoms with Gasteiger partial charge in [0.05, 0.1) is 5.56 Å². The summed E-state index contributed by atoms with van der Waals surface area (Å²) in [5, 5.41) is 37.6. The highest BCUT2D eigenvalue weighted by molar-refractivity contribution is 5.81. The van der Waals surface area contributed by atoms with Gasteiger partial charge in [-0.2, -0.15) is 4.39 Å². The molecular formula is C15H15F3O4. The summed E-state index contributed by atoms with van der Waals surface area (Å²) < 4.78 is 40.4. The quantitative estimate of drug-likeness (QED) is 0.475. The molecule has 0 amide bonds. The monoisotopic (exact) mass is 316 g/mol. The maximum absolute atomic E-state index is 13.5. The van der Waals surface area contributed by atoms with Crippen LogP contribution in [0.3, 0.4) is 0 Å². The molecule has 120 valence electrons. The second-order valence-electron chi connectivity index (χ2n) is 4.15. The minimum atomic E-state index is -1.61. The van der Waals surface area contributed by atoms with Gasteiger partial charge in [0, 0.05) is 5.56 Å². The van der Waals surface area contributed by atoms with Crippen LogP contribution in [0.15, 0.2) is 12.1 Å². The molecule has 0 radical (unpaired) electrons. The molecule has 0 saturated carbocycles. The average molecular weight is 316 g/mol. The minimum absolute atomic E-state index is 0.295. The molecule has 0 saturated heterocycles. The van der Waals surface area contributed by atoms with Crippen LogP contribution in [0.5, 0.6) is 23.0 Å². The van der Waals surface area contributed by atoms with E-state index >= 15 is 0 Å². The van der Waals surface area contributed by atoms with Gasteiger partial charge in [-0.15, -0.1) is 0 Å². The summed E-state index contributed by atoms with van der Waals surface area (Å²) in [6, 6.07) is 1.51. The topological polar surface area (TPSA) is 80.9 Å². The molecule has 22 heavy (non-hydrogen) atoms. The number of benzene rings is 2. The fourth-order valence-corrected chi connectivity index (χ4v) is 1.73. The van der Waals surface area contributed by atoms with E-state index in [4.69, 9.17) is 5.11 Å². The van der Waals surface area contributed by atoms with Crippen LogP contribution < -0.4 is 0 Å². The molecule has 0 aliphatic heterocycles. The van der Waals surface area contributed by atoms with Gasteiger partial charge in [0.2, 0.25) is 17.3 Å². The van der Waals surface area contributed by atoms with E-state index in [1.54, 1.807) is 0 Å². The van der Waals surface area contributed by atoms with Gasteiger partial charge in [-0.1, -0.05) is 13.8 Å². The zero-order chi connectivity index (χ0) is 17.2. The molecule has 7 heteroatoms. The number of halogens is 3. The van der Waals surface area contributed by atoms with Gasteiger partial charge in [-0.3, -0.25) is 0 Å². The van der Waals surface area contributed by atoms with Gasteiger partial charge in [0.1, 0.15) is 11.6 Å². The highest BCUT2D eigenvalue weighted by Gasteiger charge is 2.25. The first-order chi connectivity index (χ1) is 10.3. The van der Waals surface area contributed by atoms with Crippen molar-refractivity contribution in [1.82, 2.24) is 0 Å². The first-order valence-electron chi connectivity index (χ1n) is 6.37. The highest BCUT2D eigenvalue weighted by Crippen LogP contribution is 2.50. The van der Waals surface area contributed by atoms with Crippen molar-refractivity contribution in [1.29, 1.82) is 0 Å². The van der Waals surface area contributed by atoms with Crippen LogP contribution in [0.4, 0.5) is 13.2 Å². The molecule has 4 nitrogen and oxygen atoms in total. The third-order valence-electron chi connectivity index (χ3n) is 2.91. The maximum atomic E-state index is 13.5. The number of aromatic hydroxyl groups is 4. The number of hydrogen-bond acceptors (Lipinski definition) is 4. The molecule has 0 atom stereocenters. The van der Waals surface area contributed by atoms with E-state index in [1.807, 2.05) is 13.8 Å². The third-order valence-corrected chi connectivity index (χ3v) is 2.91. The van der Waals surface area contributed by atoms with Gasteiger partial charge in [0.25, 0.3) is 0 Å². The van der Waals surface area contributed by atoms with Crippen molar-refractivity contribution in [3.05, 3.63) is 35.1 Å². The fraction of sp³-hybridized carbons (Fsp3) is 0.200. The molecule has 0 bridgehead atoms. The van der Waals surface area contributed by atoms with Crippen LogP contribution in [0.2, 0.25) is 0 Å². The zero-order valence-electron chi connectivity index (χ0n) is 12.1. The van der Waals surface area contributed by atoms with Gasteiger partial charge in [-0.25, -0.2) is 8.78 Å². The number of rotatable bonds is 1. The van der Waals surface area contributed by atoms with E-state index < -0.39 is 51.6 Å². The Morgan fingerprint density at radius 3 is 1.64 bits per heavy atom. The van der Waals surface area contributed by atoms with Gasteiger partial charge in [-0.05, 0) is 24.6 Å². The molecule has 2 aromatic carbocycles. The Hall–Kier alpha value is -2.57. The van der Waals surface area contributed by atoms with Crippen molar-refractivity contribution in [2.45, 2.75) is 20.8 Å². The van der Waals surface area contributed by atoms with Crippen LogP contribution >= 0.6 is 0 Å². The Morgan fingerprint density at radius 2 is 1.18 bits per heavy atom. The Kier molecular flexibility index (Phi) is 5.14. The summed E-state index contributed by atoms with van der Waals surface area (Å²) in [4.78, 5) is 0. The summed E-state index contributed by atoms with van der Waals surface area (Å²) >= 11 is 0. The van der Waals surface area contributed by atoms with Crippen molar-refractivity contribution in [2.24, 2.45) is 0 Å². The van der Waals surface area contributed by atoms with E-state index in [2.05, 4.69) is 0 Å². The average Bonchev–Trinajstić information content (AvgIpc) is 2.50. The highest BCUT2D eigenvalue weighted by atomic mass is 19.1. The fourth-order valence-electron chi connectivity index (χ4n) is 1.73. The molecular weight excluding hydrogens is 301 g/mol. The van der Waals surface area contributed by atoms with E-state index in [9.17, 15) is 28.5 Å². The predicted molar refractivity (Wildman–Crippen MR) is 74.5 cm³/mol. The van der Waals surface area contributed by atoms with Crippen molar-refractivity contribution in [2.75, 3.05) is 0 Å². The van der Waals surface area contributed by atoms with Crippen LogP contribution in [0.25, 0.3) is 11.1 Å². The van der Waals surface area contributed by atoms with Crippen LogP contribution in [0, 0.1) is 24.4 Å². The van der Waals surface area contributed by atoms with Crippen LogP contribution in [-0.4, -0.2) is 20.4 Å². The molecule has 2 aromatic rings. The summed E-state index contributed by atoms with van der Waals surface area (Å²) in [6.07, 6.45) is 0. The summed E-state index contributed by atoms with van der Waals surface area (Å²) in [6.45, 7) is 5.17. The normalized spacial score (nSPS) is 10.1. The van der Waals surface area contributed by atoms with Gasteiger partial charge in [0.15, 0.2) is 11.5 Å². The van der Waals surface area contributed by atoms with Gasteiger partial charge < -0.3 is 20.4 Å². The Balaban J connectivity index is 0.00000116. The summed E-state index contributed by atoms with van der Waals surface area (Å²) in [5.41, 5.74) is -1.42. The Morgan fingerprint density at radius 1 is 0.727 bits per heavy atom. The molecule has 0 heterocycles. The summed E-state index contributed by atoms with van der Waals surface area (Å²) in [5.74, 6) is -8.51. The molecule has 4 N–H and O–H groups in total. The predicted octanol–water partition coefficient (Wildman–Crippen LogP) is 3.93. The zero-order valence-corrected chi connectivity index (χ0v) is 12.1. The number of phenolic OH excluding ortho intramolecular Hbond substituents is 4. The van der Waals surface area contributed by atoms with Crippen molar-refractivity contribution in [3.8, 4) is 34.1 Å². The smallest absolute Gasteiger partial charge is 0.211 e. The van der Waals surface area contributed by atoms with E-state index in [-0.39, 0.29) is 5.56 Å². The van der Waals surface area contributed by atoms with Crippen molar-refractivity contribution in [3.63, 3.8) is 0 Å². The van der Waals surface area contributed by atoms with Crippen molar-refractivity contribution < 1.29 is 33.6 Å². The van der Waals surface area contributed by atoms with Crippen LogP contribution in [0.1, 0.15) is 19.4 Å². The Bertz CT molecular complexity index is 662. The lowest BCUT2D eigenvalue weighted by molar-refractivity contribution is 0.336. The van der Waals surface area contributed by atoms with Gasteiger partial charge >= 0.3 is 0 Å². The first-order valence-corrected chi connectivity index (χ1v) is 6.37. The lowest BCUT2D eigenvalue weighted by atomic mass is 10.00. The molecule has 0 fully saturated rings. The number of phenols is 4. The Labute approximate surface area is 124 Å². The SMILES string of the molecule is CC.Cc1c(F)cc(-c2c(O)c(O)c(O)c(F)c2O)cc1F. The first kappa shape index (κ1) is 17.5. The lowest BCUT2D eigenvalue weighted by Crippen LogP contribution is -1.93. The minimum Gasteiger partial charge on any atom is -0.504 e. The molecule has 0 aliphatic carbocycles. The van der Waals surface area contributed by atoms with E-state index in [1.165, 1.54) is 6.92 Å². The standard InChI is InChI=1S/C13H9F3O4.C2H6/c1-4-6(14)2-5(3-7(4)15)8-10(17)9(16)12(19)13(20)11(8)18;1-2/h2-3,17-20H,1H3;1-2H3. The molecule has 2 rings (SSSR count). The third kappa shape index (κ3) is 2.74. The molecule has 0 aromatic heterocycles. The second-order valence-corrected chi connectivity index (χ2v) is 4.15. The van der Waals surface area contributed by atoms with E-state index in [0.29, 0.717) is 0 Å². The number of hydrogen-bond donors (Lipinski definition) is 4. The van der Waals surface area contributed by atoms with Crippen LogP contribution in [-0.2, 0) is 0 Å². The largest absolute Gasteiger partial charge is 0.504 e. The maximum Gasteiger partial charge on any atom is 0.211 e. The van der Waals surface area contributed by atoms with E-state index in [0.717, 1.165) is 12.1 Å². The molecule has 0 unspecified atom stereocenters. The second kappa shape index (κ2) is 6.46.